The van der Waals surface area contributed by atoms with Crippen LogP contribution in [-0.2, 0) is 17.3 Å². The fourth-order valence-corrected chi connectivity index (χ4v) is 2.26. The van der Waals surface area contributed by atoms with E-state index >= 15 is 0 Å². The van der Waals surface area contributed by atoms with Crippen LogP contribution in [0.5, 0.6) is 0 Å². The molecule has 2 N–H and O–H groups in total. The monoisotopic (exact) mass is 204 g/mol. The molecule has 0 radical (unpaired) electrons. The van der Waals surface area contributed by atoms with Gasteiger partial charge in [0.05, 0.1) is 0 Å². The molecule has 78 valence electrons. The number of carbonyl (C=O) groups is 1. The molecule has 1 spiro atoms. The highest BCUT2D eigenvalue weighted by molar-refractivity contribution is 6.07. The Labute approximate surface area is 87.2 Å². The minimum absolute atomic E-state index is 0.0176. The Bertz CT molecular complexity index is 462. The number of hydrogen-bond acceptors (Lipinski definition) is 3. The van der Waals surface area contributed by atoms with Gasteiger partial charge in [-0.2, -0.15) is 5.10 Å². The molecule has 3 rings (SSSR count). The van der Waals surface area contributed by atoms with Gasteiger partial charge in [0.25, 0.3) is 0 Å². The largest absolute Gasteiger partial charge is 0.312 e. The fourth-order valence-electron chi connectivity index (χ4n) is 2.26. The number of carbonyl (C=O) groups excluding carboxylic acids is 1. The first-order valence-corrected chi connectivity index (χ1v) is 4.96. The summed E-state index contributed by atoms with van der Waals surface area (Å²) in [4.78, 5) is 11.9. The quantitative estimate of drug-likeness (QED) is 0.574. The fraction of sp³-hybridized carbons (Fsp3) is 0.400. The number of amides is 1. The van der Waals surface area contributed by atoms with Crippen LogP contribution < -0.4 is 10.6 Å². The van der Waals surface area contributed by atoms with Gasteiger partial charge < -0.3 is 10.6 Å². The molecule has 1 unspecified atom stereocenters. The van der Waals surface area contributed by atoms with Crippen molar-refractivity contribution in [2.75, 3.05) is 18.4 Å². The molecule has 0 aromatic carbocycles. The van der Waals surface area contributed by atoms with E-state index in [1.54, 1.807) is 4.68 Å². The number of nitrogens with one attached hydrogen (secondary N) is 2. The number of fused-ring (bicyclic) bond motifs is 2. The van der Waals surface area contributed by atoms with Crippen LogP contribution in [0, 0.1) is 0 Å². The van der Waals surface area contributed by atoms with Crippen molar-refractivity contribution in [1.82, 2.24) is 15.1 Å². The lowest BCUT2D eigenvalue weighted by atomic mass is 9.81. The van der Waals surface area contributed by atoms with E-state index in [1.807, 2.05) is 25.4 Å². The average Bonchev–Trinajstić information content (AvgIpc) is 2.69. The van der Waals surface area contributed by atoms with Gasteiger partial charge in [-0.3, -0.25) is 9.48 Å². The number of hydrogen-bond donors (Lipinski definition) is 2. The molecule has 5 nitrogen and oxygen atoms in total. The smallest absolute Gasteiger partial charge is 0.241 e. The number of anilines is 1. The lowest BCUT2D eigenvalue weighted by Crippen LogP contribution is -2.45. The molecule has 0 saturated carbocycles. The van der Waals surface area contributed by atoms with Gasteiger partial charge in [-0.25, -0.2) is 0 Å². The Kier molecular flexibility index (Phi) is 1.56. The second kappa shape index (κ2) is 2.70. The summed E-state index contributed by atoms with van der Waals surface area (Å²) >= 11 is 0. The number of aryl methyl sites for hydroxylation is 1. The normalized spacial score (nSPS) is 28.2. The number of aromatic nitrogens is 2. The molecule has 1 amide bonds. The highest BCUT2D eigenvalue weighted by Crippen LogP contribution is 2.38. The summed E-state index contributed by atoms with van der Waals surface area (Å²) in [6, 6.07) is 0. The molecule has 1 atom stereocenters. The van der Waals surface area contributed by atoms with Gasteiger partial charge >= 0.3 is 0 Å². The maximum atomic E-state index is 11.9. The van der Waals surface area contributed by atoms with Crippen LogP contribution in [0.15, 0.2) is 18.3 Å². The molecule has 0 aliphatic carbocycles. The Morgan fingerprint density at radius 1 is 1.60 bits per heavy atom. The lowest BCUT2D eigenvalue weighted by Gasteiger charge is -2.26. The van der Waals surface area contributed by atoms with E-state index in [2.05, 4.69) is 15.7 Å². The third-order valence-electron chi connectivity index (χ3n) is 3.01. The minimum atomic E-state index is -0.540. The van der Waals surface area contributed by atoms with Crippen molar-refractivity contribution in [2.45, 2.75) is 5.41 Å². The van der Waals surface area contributed by atoms with Crippen LogP contribution in [0.1, 0.15) is 5.56 Å². The van der Waals surface area contributed by atoms with E-state index in [9.17, 15) is 4.79 Å². The summed E-state index contributed by atoms with van der Waals surface area (Å²) in [5, 5.41) is 10.2. The summed E-state index contributed by atoms with van der Waals surface area (Å²) in [5.74, 6) is 0.708. The molecule has 3 heterocycles. The maximum Gasteiger partial charge on any atom is 0.241 e. The molecular weight excluding hydrogens is 192 g/mol. The van der Waals surface area contributed by atoms with E-state index in [0.717, 1.165) is 12.1 Å². The third kappa shape index (κ3) is 1.01. The van der Waals surface area contributed by atoms with Gasteiger partial charge in [-0.15, -0.1) is 0 Å². The van der Waals surface area contributed by atoms with Crippen molar-refractivity contribution in [3.63, 3.8) is 0 Å². The molecule has 15 heavy (non-hydrogen) atoms. The standard InChI is InChI=1S/C10H12N4O/c1-14-5-7-8(13-14)12-9(15)10(7)3-2-4-11-6-10/h2-3,5,11H,4,6H2,1H3,(H,12,13,15). The zero-order valence-electron chi connectivity index (χ0n) is 8.45. The van der Waals surface area contributed by atoms with Crippen LogP contribution in [0.2, 0.25) is 0 Å². The van der Waals surface area contributed by atoms with Gasteiger partial charge in [0.15, 0.2) is 5.82 Å². The lowest BCUT2D eigenvalue weighted by molar-refractivity contribution is -0.119. The van der Waals surface area contributed by atoms with Crippen molar-refractivity contribution in [3.8, 4) is 0 Å². The summed E-state index contributed by atoms with van der Waals surface area (Å²) in [6.45, 7) is 1.47. The molecule has 1 aromatic heterocycles. The molecular formula is C10H12N4O. The zero-order chi connectivity index (χ0) is 10.5. The van der Waals surface area contributed by atoms with E-state index in [-0.39, 0.29) is 5.91 Å². The summed E-state index contributed by atoms with van der Waals surface area (Å²) in [7, 11) is 1.86. The first-order chi connectivity index (χ1) is 7.22. The van der Waals surface area contributed by atoms with Crippen molar-refractivity contribution in [1.29, 1.82) is 0 Å². The van der Waals surface area contributed by atoms with Crippen LogP contribution >= 0.6 is 0 Å². The van der Waals surface area contributed by atoms with Crippen LogP contribution in [0.25, 0.3) is 0 Å². The van der Waals surface area contributed by atoms with Crippen LogP contribution in [0.4, 0.5) is 5.82 Å². The summed E-state index contributed by atoms with van der Waals surface area (Å²) < 4.78 is 1.73. The second-order valence-corrected chi connectivity index (χ2v) is 4.02. The Morgan fingerprint density at radius 3 is 3.20 bits per heavy atom. The third-order valence-corrected chi connectivity index (χ3v) is 3.01. The Hall–Kier alpha value is -1.62. The van der Waals surface area contributed by atoms with E-state index in [1.165, 1.54) is 0 Å². The number of rotatable bonds is 0. The van der Waals surface area contributed by atoms with Crippen molar-refractivity contribution in [3.05, 3.63) is 23.9 Å². The van der Waals surface area contributed by atoms with Crippen molar-refractivity contribution in [2.24, 2.45) is 7.05 Å². The first kappa shape index (κ1) is 8.67. The highest BCUT2D eigenvalue weighted by atomic mass is 16.2. The Balaban J connectivity index is 2.18. The molecule has 0 saturated heterocycles. The van der Waals surface area contributed by atoms with E-state index < -0.39 is 5.41 Å². The highest BCUT2D eigenvalue weighted by Gasteiger charge is 2.47. The predicted molar refractivity (Wildman–Crippen MR) is 55.5 cm³/mol. The van der Waals surface area contributed by atoms with E-state index in [4.69, 9.17) is 0 Å². The van der Waals surface area contributed by atoms with Crippen molar-refractivity contribution >= 4 is 11.7 Å². The molecule has 0 bridgehead atoms. The predicted octanol–water partition coefficient (Wildman–Crippen LogP) is -0.231. The summed E-state index contributed by atoms with van der Waals surface area (Å²) in [6.07, 6.45) is 5.88. The molecule has 5 heteroatoms. The van der Waals surface area contributed by atoms with Crippen molar-refractivity contribution < 1.29 is 4.79 Å². The topological polar surface area (TPSA) is 59.0 Å². The van der Waals surface area contributed by atoms with Gasteiger partial charge in [-0.05, 0) is 0 Å². The van der Waals surface area contributed by atoms with Gasteiger partial charge in [0, 0.05) is 31.9 Å². The van der Waals surface area contributed by atoms with Gasteiger partial charge in [-0.1, -0.05) is 12.2 Å². The molecule has 2 aliphatic rings. The molecule has 1 aromatic rings. The van der Waals surface area contributed by atoms with Gasteiger partial charge in [0.1, 0.15) is 5.41 Å². The van der Waals surface area contributed by atoms with Gasteiger partial charge in [0.2, 0.25) is 5.91 Å². The zero-order valence-corrected chi connectivity index (χ0v) is 8.45. The second-order valence-electron chi connectivity index (χ2n) is 4.02. The Morgan fingerprint density at radius 2 is 2.47 bits per heavy atom. The number of nitrogens with zero attached hydrogens (tertiary/aromatic N) is 2. The summed E-state index contributed by atoms with van der Waals surface area (Å²) in [5.41, 5.74) is 0.431. The van der Waals surface area contributed by atoms with Crippen LogP contribution in [0.3, 0.4) is 0 Å². The average molecular weight is 204 g/mol. The molecule has 2 aliphatic heterocycles. The SMILES string of the molecule is Cn1cc2c(n1)NC(=O)C21C=CCNC1. The molecule has 0 fully saturated rings. The maximum absolute atomic E-state index is 11.9. The van der Waals surface area contributed by atoms with Crippen LogP contribution in [-0.4, -0.2) is 28.8 Å². The van der Waals surface area contributed by atoms with E-state index in [0.29, 0.717) is 12.4 Å². The first-order valence-electron chi connectivity index (χ1n) is 4.96. The minimum Gasteiger partial charge on any atom is -0.312 e.